The van der Waals surface area contributed by atoms with Gasteiger partial charge < -0.3 is 10.7 Å². The number of nitrogens with two attached hydrogens (primary N) is 1. The van der Waals surface area contributed by atoms with Crippen LogP contribution >= 0.6 is 11.8 Å². The van der Waals surface area contributed by atoms with Gasteiger partial charge in [-0.3, -0.25) is 0 Å². The molecule has 84 valence electrons. The Morgan fingerprint density at radius 3 is 3.19 bits per heavy atom. The number of fused-ring (bicyclic) bond motifs is 1. The van der Waals surface area contributed by atoms with Crippen LogP contribution in [0.2, 0.25) is 0 Å². The molecule has 3 rings (SSSR count). The highest BCUT2D eigenvalue weighted by Crippen LogP contribution is 2.31. The van der Waals surface area contributed by atoms with E-state index >= 15 is 0 Å². The fourth-order valence-corrected chi connectivity index (χ4v) is 3.37. The zero-order chi connectivity index (χ0) is 11.0. The third kappa shape index (κ3) is 1.72. The zero-order valence-corrected chi connectivity index (χ0v) is 9.89. The Morgan fingerprint density at radius 1 is 1.50 bits per heavy atom. The molecule has 0 radical (unpaired) electrons. The number of aromatic amines is 1. The second-order valence-electron chi connectivity index (χ2n) is 4.24. The molecule has 2 heterocycles. The molecule has 0 spiro atoms. The lowest BCUT2D eigenvalue weighted by molar-refractivity contribution is 0.733. The highest BCUT2D eigenvalue weighted by Gasteiger charge is 2.20. The van der Waals surface area contributed by atoms with Gasteiger partial charge in [0.25, 0.3) is 0 Å². The molecule has 3 N–H and O–H groups in total. The molecule has 1 aliphatic heterocycles. The third-order valence-electron chi connectivity index (χ3n) is 3.12. The van der Waals surface area contributed by atoms with E-state index in [0.29, 0.717) is 12.5 Å². The minimum Gasteiger partial charge on any atom is -0.342 e. The van der Waals surface area contributed by atoms with Crippen molar-refractivity contribution in [1.29, 1.82) is 0 Å². The van der Waals surface area contributed by atoms with Crippen LogP contribution in [-0.2, 0) is 6.54 Å². The Kier molecular flexibility index (Phi) is 2.61. The van der Waals surface area contributed by atoms with E-state index in [4.69, 9.17) is 5.73 Å². The maximum Gasteiger partial charge on any atom is 0.111 e. The lowest BCUT2D eigenvalue weighted by atomic mass is 10.1. The first-order chi connectivity index (χ1) is 7.86. The summed E-state index contributed by atoms with van der Waals surface area (Å²) < 4.78 is 0. The number of nitrogens with one attached hydrogen (secondary N) is 1. The second kappa shape index (κ2) is 4.11. The van der Waals surface area contributed by atoms with Crippen LogP contribution in [0.1, 0.15) is 23.7 Å². The number of imidazole rings is 1. The average molecular weight is 233 g/mol. The van der Waals surface area contributed by atoms with Crippen LogP contribution in [0.25, 0.3) is 11.0 Å². The largest absolute Gasteiger partial charge is 0.342 e. The molecular formula is C12H15N3S. The van der Waals surface area contributed by atoms with Gasteiger partial charge in [0.2, 0.25) is 0 Å². The molecule has 0 bridgehead atoms. The first-order valence-corrected chi connectivity index (χ1v) is 6.78. The molecule has 1 aromatic heterocycles. The van der Waals surface area contributed by atoms with E-state index in [1.165, 1.54) is 17.9 Å². The molecule has 1 unspecified atom stereocenters. The van der Waals surface area contributed by atoms with Gasteiger partial charge in [-0.2, -0.15) is 11.8 Å². The van der Waals surface area contributed by atoms with Crippen molar-refractivity contribution in [3.05, 3.63) is 29.6 Å². The smallest absolute Gasteiger partial charge is 0.111 e. The topological polar surface area (TPSA) is 54.7 Å². The number of hydrogen-bond donors (Lipinski definition) is 2. The first kappa shape index (κ1) is 10.2. The number of rotatable bonds is 2. The summed E-state index contributed by atoms with van der Waals surface area (Å²) in [4.78, 5) is 8.09. The minimum absolute atomic E-state index is 0.587. The Hall–Kier alpha value is -1.00. The van der Waals surface area contributed by atoms with E-state index in [0.717, 1.165) is 22.4 Å². The van der Waals surface area contributed by atoms with Crippen LogP contribution in [0.15, 0.2) is 18.2 Å². The van der Waals surface area contributed by atoms with Crippen molar-refractivity contribution in [1.82, 2.24) is 9.97 Å². The lowest BCUT2D eigenvalue weighted by Crippen LogP contribution is -1.98. The van der Waals surface area contributed by atoms with Crippen molar-refractivity contribution >= 4 is 22.8 Å². The number of H-pyrrole nitrogens is 1. The monoisotopic (exact) mass is 233 g/mol. The summed E-state index contributed by atoms with van der Waals surface area (Å²) in [6, 6.07) is 6.21. The summed E-state index contributed by atoms with van der Waals surface area (Å²) in [5.74, 6) is 4.21. The van der Waals surface area contributed by atoms with Gasteiger partial charge in [0, 0.05) is 18.2 Å². The summed E-state index contributed by atoms with van der Waals surface area (Å²) in [7, 11) is 0. The Bertz CT molecular complexity index is 500. The summed E-state index contributed by atoms with van der Waals surface area (Å²) in [5, 5.41) is 0. The highest BCUT2D eigenvalue weighted by atomic mass is 32.2. The van der Waals surface area contributed by atoms with Gasteiger partial charge in [-0.15, -0.1) is 0 Å². The van der Waals surface area contributed by atoms with Gasteiger partial charge in [0.05, 0.1) is 11.0 Å². The van der Waals surface area contributed by atoms with Crippen LogP contribution < -0.4 is 5.73 Å². The number of nitrogens with zero attached hydrogens (tertiary/aromatic N) is 1. The zero-order valence-electron chi connectivity index (χ0n) is 9.07. The van der Waals surface area contributed by atoms with E-state index in [9.17, 15) is 0 Å². The standard InChI is InChI=1S/C12H15N3S/c13-6-8-1-2-10-11(5-8)15-12(14-10)9-3-4-16-7-9/h1-2,5,9H,3-4,6-7,13H2,(H,14,15). The first-order valence-electron chi connectivity index (χ1n) is 5.63. The van der Waals surface area contributed by atoms with Gasteiger partial charge in [-0.1, -0.05) is 6.07 Å². The van der Waals surface area contributed by atoms with Crippen molar-refractivity contribution in [2.75, 3.05) is 11.5 Å². The Labute approximate surface area is 98.8 Å². The van der Waals surface area contributed by atoms with E-state index in [1.807, 2.05) is 11.8 Å². The van der Waals surface area contributed by atoms with E-state index < -0.39 is 0 Å². The van der Waals surface area contributed by atoms with Gasteiger partial charge in [0.15, 0.2) is 0 Å². The van der Waals surface area contributed by atoms with Crippen molar-refractivity contribution in [2.24, 2.45) is 5.73 Å². The average Bonchev–Trinajstić information content (AvgIpc) is 2.96. The quantitative estimate of drug-likeness (QED) is 0.836. The van der Waals surface area contributed by atoms with Crippen LogP contribution in [-0.4, -0.2) is 21.5 Å². The van der Waals surface area contributed by atoms with Crippen molar-refractivity contribution < 1.29 is 0 Å². The molecule has 2 aromatic rings. The minimum atomic E-state index is 0.587. The molecule has 4 heteroatoms. The summed E-state index contributed by atoms with van der Waals surface area (Å²) in [6.45, 7) is 0.587. The number of aromatic nitrogens is 2. The van der Waals surface area contributed by atoms with Crippen LogP contribution in [0, 0.1) is 0 Å². The normalized spacial score (nSPS) is 20.7. The van der Waals surface area contributed by atoms with Crippen molar-refractivity contribution in [2.45, 2.75) is 18.9 Å². The molecule has 0 aliphatic carbocycles. The molecular weight excluding hydrogens is 218 g/mol. The van der Waals surface area contributed by atoms with Gasteiger partial charge in [0.1, 0.15) is 5.82 Å². The lowest BCUT2D eigenvalue weighted by Gasteiger charge is -2.01. The highest BCUT2D eigenvalue weighted by molar-refractivity contribution is 7.99. The fraction of sp³-hybridized carbons (Fsp3) is 0.417. The Morgan fingerprint density at radius 2 is 2.44 bits per heavy atom. The third-order valence-corrected chi connectivity index (χ3v) is 4.28. The Balaban J connectivity index is 2.01. The van der Waals surface area contributed by atoms with Crippen molar-refractivity contribution in [3.8, 4) is 0 Å². The number of benzene rings is 1. The molecule has 1 aliphatic rings. The van der Waals surface area contributed by atoms with E-state index in [-0.39, 0.29) is 0 Å². The molecule has 1 fully saturated rings. The summed E-state index contributed by atoms with van der Waals surface area (Å²) in [6.07, 6.45) is 1.24. The van der Waals surface area contributed by atoms with Gasteiger partial charge in [-0.05, 0) is 29.9 Å². The molecule has 16 heavy (non-hydrogen) atoms. The molecule has 1 atom stereocenters. The van der Waals surface area contributed by atoms with E-state index in [2.05, 4.69) is 28.2 Å². The maximum absolute atomic E-state index is 5.63. The van der Waals surface area contributed by atoms with Crippen LogP contribution in [0.5, 0.6) is 0 Å². The summed E-state index contributed by atoms with van der Waals surface area (Å²) in [5.41, 5.74) is 8.97. The predicted octanol–water partition coefficient (Wildman–Crippen LogP) is 2.24. The second-order valence-corrected chi connectivity index (χ2v) is 5.39. The molecule has 3 nitrogen and oxygen atoms in total. The van der Waals surface area contributed by atoms with Gasteiger partial charge >= 0.3 is 0 Å². The molecule has 1 aromatic carbocycles. The summed E-state index contributed by atoms with van der Waals surface area (Å²) >= 11 is 2.01. The molecule has 1 saturated heterocycles. The van der Waals surface area contributed by atoms with Gasteiger partial charge in [-0.25, -0.2) is 4.98 Å². The SMILES string of the molecule is NCc1ccc2nc(C3CCSC3)[nH]c2c1. The van der Waals surface area contributed by atoms with Crippen LogP contribution in [0.3, 0.4) is 0 Å². The number of thioether (sulfide) groups is 1. The predicted molar refractivity (Wildman–Crippen MR) is 68.7 cm³/mol. The maximum atomic E-state index is 5.63. The van der Waals surface area contributed by atoms with E-state index in [1.54, 1.807) is 0 Å². The molecule has 0 saturated carbocycles. The van der Waals surface area contributed by atoms with Crippen LogP contribution in [0.4, 0.5) is 0 Å². The molecule has 0 amide bonds. The van der Waals surface area contributed by atoms with Crippen molar-refractivity contribution in [3.63, 3.8) is 0 Å². The fourth-order valence-electron chi connectivity index (χ4n) is 2.15. The number of hydrogen-bond acceptors (Lipinski definition) is 3.